The number of hydrogen-bond acceptors (Lipinski definition) is 5. The number of methoxy groups -OCH3 is 1. The van der Waals surface area contributed by atoms with Crippen molar-refractivity contribution in [3.63, 3.8) is 0 Å². The molecule has 0 bridgehead atoms. The molecular weight excluding hydrogens is 244 g/mol. The zero-order valence-corrected chi connectivity index (χ0v) is 11.6. The van der Waals surface area contributed by atoms with E-state index in [-0.39, 0.29) is 0 Å². The molecule has 1 aromatic heterocycles. The number of aliphatic hydroxyl groups is 1. The van der Waals surface area contributed by atoms with Crippen LogP contribution in [0.1, 0.15) is 50.8 Å². The Morgan fingerprint density at radius 3 is 2.58 bits per heavy atom. The van der Waals surface area contributed by atoms with Gasteiger partial charge in [0.05, 0.1) is 12.7 Å². The lowest BCUT2D eigenvalue weighted by Crippen LogP contribution is -2.42. The third kappa shape index (κ3) is 2.87. The molecule has 1 fully saturated rings. The molecule has 1 saturated carbocycles. The third-order valence-electron chi connectivity index (χ3n) is 3.77. The monoisotopic (exact) mass is 266 g/mol. The molecule has 2 rings (SSSR count). The van der Waals surface area contributed by atoms with Crippen LogP contribution in [0, 0.1) is 0 Å². The maximum atomic E-state index is 10.7. The first kappa shape index (κ1) is 14.2. The maximum absolute atomic E-state index is 10.7. The van der Waals surface area contributed by atoms with Gasteiger partial charge in [-0.05, 0) is 19.8 Å². The second-order valence-corrected chi connectivity index (χ2v) is 4.91. The first-order valence-electron chi connectivity index (χ1n) is 6.90. The van der Waals surface area contributed by atoms with Crippen LogP contribution in [0.5, 0.6) is 5.88 Å². The quantitative estimate of drug-likeness (QED) is 0.885. The van der Waals surface area contributed by atoms with Crippen molar-refractivity contribution in [3.8, 4) is 5.88 Å². The molecule has 1 atom stereocenters. The second kappa shape index (κ2) is 6.30. The lowest BCUT2D eigenvalue weighted by Gasteiger charge is -2.40. The first-order valence-corrected chi connectivity index (χ1v) is 6.90. The zero-order chi connectivity index (χ0) is 13.7. The van der Waals surface area contributed by atoms with E-state index in [0.717, 1.165) is 25.7 Å². The minimum Gasteiger partial charge on any atom is -0.480 e. The largest absolute Gasteiger partial charge is 0.480 e. The fourth-order valence-electron chi connectivity index (χ4n) is 2.86. The molecule has 0 aliphatic heterocycles. The Morgan fingerprint density at radius 1 is 1.26 bits per heavy atom. The Balaban J connectivity index is 2.30. The maximum Gasteiger partial charge on any atom is 0.238 e. The highest BCUT2D eigenvalue weighted by Gasteiger charge is 2.42. The molecule has 0 radical (unpaired) electrons. The van der Waals surface area contributed by atoms with Crippen molar-refractivity contribution in [2.75, 3.05) is 13.7 Å². The van der Waals surface area contributed by atoms with E-state index in [0.29, 0.717) is 18.2 Å². The van der Waals surface area contributed by atoms with Crippen molar-refractivity contribution >= 4 is 0 Å². The molecule has 0 saturated heterocycles. The topological polar surface area (TPSA) is 64.5 Å². The Bertz CT molecular complexity index is 400. The SMILES string of the molecule is CCOC1(C(O)c2nccnc2OC)CCCCC1. The van der Waals surface area contributed by atoms with E-state index in [1.165, 1.54) is 13.5 Å². The van der Waals surface area contributed by atoms with E-state index in [4.69, 9.17) is 9.47 Å². The molecule has 1 heterocycles. The lowest BCUT2D eigenvalue weighted by atomic mass is 9.79. The van der Waals surface area contributed by atoms with E-state index in [2.05, 4.69) is 9.97 Å². The summed E-state index contributed by atoms with van der Waals surface area (Å²) < 4.78 is 11.1. The van der Waals surface area contributed by atoms with Crippen molar-refractivity contribution in [1.82, 2.24) is 9.97 Å². The number of nitrogens with zero attached hydrogens (tertiary/aromatic N) is 2. The molecule has 1 N–H and O–H groups in total. The summed E-state index contributed by atoms with van der Waals surface area (Å²) in [5.74, 6) is 0.375. The fourth-order valence-corrected chi connectivity index (χ4v) is 2.86. The fraction of sp³-hybridized carbons (Fsp3) is 0.714. The van der Waals surface area contributed by atoms with E-state index < -0.39 is 11.7 Å². The molecule has 0 aromatic carbocycles. The normalized spacial score (nSPS) is 19.9. The summed E-state index contributed by atoms with van der Waals surface area (Å²) in [6, 6.07) is 0. The molecule has 1 unspecified atom stereocenters. The summed E-state index contributed by atoms with van der Waals surface area (Å²) in [6.07, 6.45) is 7.37. The summed E-state index contributed by atoms with van der Waals surface area (Å²) in [5.41, 5.74) is -0.0728. The molecular formula is C14H22N2O3. The highest BCUT2D eigenvalue weighted by molar-refractivity contribution is 5.23. The van der Waals surface area contributed by atoms with Crippen LogP contribution in [0.4, 0.5) is 0 Å². The number of aliphatic hydroxyl groups excluding tert-OH is 1. The van der Waals surface area contributed by atoms with Crippen LogP contribution in [0.15, 0.2) is 12.4 Å². The van der Waals surface area contributed by atoms with Crippen molar-refractivity contribution in [3.05, 3.63) is 18.1 Å². The standard InChI is InChI=1S/C14H22N2O3/c1-3-19-14(7-5-4-6-8-14)12(17)11-13(18-2)16-10-9-15-11/h9-10,12,17H,3-8H2,1-2H3. The molecule has 1 aromatic rings. The minimum atomic E-state index is -0.795. The molecule has 1 aliphatic carbocycles. The van der Waals surface area contributed by atoms with Crippen molar-refractivity contribution in [1.29, 1.82) is 0 Å². The summed E-state index contributed by atoms with van der Waals surface area (Å²) in [7, 11) is 1.54. The van der Waals surface area contributed by atoms with Gasteiger partial charge in [0.15, 0.2) is 0 Å². The summed E-state index contributed by atoms with van der Waals surface area (Å²) >= 11 is 0. The van der Waals surface area contributed by atoms with Crippen LogP contribution in [0.3, 0.4) is 0 Å². The van der Waals surface area contributed by atoms with Gasteiger partial charge in [0.25, 0.3) is 0 Å². The Labute approximate surface area is 114 Å². The summed E-state index contributed by atoms with van der Waals surface area (Å²) in [4.78, 5) is 8.34. The molecule has 1 aliphatic rings. The Kier molecular flexibility index (Phi) is 4.71. The van der Waals surface area contributed by atoms with Gasteiger partial charge in [0.2, 0.25) is 5.88 Å². The van der Waals surface area contributed by atoms with Crippen molar-refractivity contribution < 1.29 is 14.6 Å². The van der Waals surface area contributed by atoms with Gasteiger partial charge in [-0.15, -0.1) is 0 Å². The Hall–Kier alpha value is -1.20. The number of aromatic nitrogens is 2. The molecule has 106 valence electrons. The van der Waals surface area contributed by atoms with Gasteiger partial charge < -0.3 is 14.6 Å². The predicted octanol–water partition coefficient (Wildman–Crippen LogP) is 2.26. The third-order valence-corrected chi connectivity index (χ3v) is 3.77. The molecule has 5 nitrogen and oxygen atoms in total. The average Bonchev–Trinajstić information content (AvgIpc) is 2.47. The average molecular weight is 266 g/mol. The summed E-state index contributed by atoms with van der Waals surface area (Å²) in [5, 5.41) is 10.7. The minimum absolute atomic E-state index is 0.375. The summed E-state index contributed by atoms with van der Waals surface area (Å²) in [6.45, 7) is 2.54. The van der Waals surface area contributed by atoms with Gasteiger partial charge in [-0.3, -0.25) is 4.98 Å². The van der Waals surface area contributed by atoms with Crippen LogP contribution in [-0.4, -0.2) is 34.4 Å². The van der Waals surface area contributed by atoms with E-state index in [1.54, 1.807) is 12.4 Å². The molecule has 19 heavy (non-hydrogen) atoms. The van der Waals surface area contributed by atoms with Crippen molar-refractivity contribution in [2.45, 2.75) is 50.7 Å². The van der Waals surface area contributed by atoms with Gasteiger partial charge in [0.1, 0.15) is 11.8 Å². The van der Waals surface area contributed by atoms with E-state index in [1.807, 2.05) is 6.92 Å². The van der Waals surface area contributed by atoms with Crippen LogP contribution in [0.2, 0.25) is 0 Å². The van der Waals surface area contributed by atoms with Gasteiger partial charge in [-0.2, -0.15) is 0 Å². The highest BCUT2D eigenvalue weighted by Crippen LogP contribution is 2.42. The smallest absolute Gasteiger partial charge is 0.238 e. The first-order chi connectivity index (χ1) is 9.23. The van der Waals surface area contributed by atoms with Crippen LogP contribution in [0.25, 0.3) is 0 Å². The Morgan fingerprint density at radius 2 is 1.95 bits per heavy atom. The van der Waals surface area contributed by atoms with E-state index >= 15 is 0 Å². The van der Waals surface area contributed by atoms with E-state index in [9.17, 15) is 5.11 Å². The van der Waals surface area contributed by atoms with Crippen LogP contribution < -0.4 is 4.74 Å². The van der Waals surface area contributed by atoms with Gasteiger partial charge in [-0.25, -0.2) is 4.98 Å². The number of ether oxygens (including phenoxy) is 2. The van der Waals surface area contributed by atoms with Crippen LogP contribution >= 0.6 is 0 Å². The molecule has 0 spiro atoms. The van der Waals surface area contributed by atoms with Crippen LogP contribution in [-0.2, 0) is 4.74 Å². The lowest BCUT2D eigenvalue weighted by molar-refractivity contribution is -0.143. The van der Waals surface area contributed by atoms with Crippen molar-refractivity contribution in [2.24, 2.45) is 0 Å². The number of rotatable bonds is 5. The second-order valence-electron chi connectivity index (χ2n) is 4.91. The van der Waals surface area contributed by atoms with Gasteiger partial charge in [0, 0.05) is 19.0 Å². The van der Waals surface area contributed by atoms with Gasteiger partial charge >= 0.3 is 0 Å². The zero-order valence-electron chi connectivity index (χ0n) is 11.6. The molecule has 5 heteroatoms. The molecule has 0 amide bonds. The predicted molar refractivity (Wildman–Crippen MR) is 71.0 cm³/mol. The van der Waals surface area contributed by atoms with Gasteiger partial charge in [-0.1, -0.05) is 19.3 Å². The highest BCUT2D eigenvalue weighted by atomic mass is 16.5. The number of hydrogen-bond donors (Lipinski definition) is 1.